The lowest BCUT2D eigenvalue weighted by molar-refractivity contribution is 0.112. The van der Waals surface area contributed by atoms with E-state index >= 15 is 0 Å². The van der Waals surface area contributed by atoms with E-state index < -0.39 is 27.8 Å². The fourth-order valence-electron chi connectivity index (χ4n) is 2.52. The fraction of sp³-hybridized carbons (Fsp3) is 0.538. The van der Waals surface area contributed by atoms with Gasteiger partial charge in [-0.15, -0.1) is 0 Å². The van der Waals surface area contributed by atoms with Crippen LogP contribution in [0.5, 0.6) is 0 Å². The minimum absolute atomic E-state index is 0.373. The van der Waals surface area contributed by atoms with E-state index in [1.54, 1.807) is 0 Å². The van der Waals surface area contributed by atoms with Crippen LogP contribution < -0.4 is 0 Å². The number of hydrogen-bond donors (Lipinski definition) is 2. The molecule has 2 rings (SSSR count). The van der Waals surface area contributed by atoms with Gasteiger partial charge in [-0.1, -0.05) is 24.3 Å². The Labute approximate surface area is 107 Å². The first-order valence-electron chi connectivity index (χ1n) is 6.13. The van der Waals surface area contributed by atoms with E-state index in [4.69, 9.17) is 5.11 Å². The Kier molecular flexibility index (Phi) is 4.04. The van der Waals surface area contributed by atoms with Gasteiger partial charge in [0.1, 0.15) is 0 Å². The summed E-state index contributed by atoms with van der Waals surface area (Å²) < 4.78 is 24.5. The van der Waals surface area contributed by atoms with E-state index in [0.29, 0.717) is 6.42 Å². The van der Waals surface area contributed by atoms with Crippen LogP contribution in [0.3, 0.4) is 0 Å². The molecule has 2 atom stereocenters. The Morgan fingerprint density at radius 3 is 2.78 bits per heavy atom. The molecule has 1 aliphatic rings. The van der Waals surface area contributed by atoms with Crippen molar-refractivity contribution >= 4 is 9.84 Å². The third-order valence-electron chi connectivity index (χ3n) is 3.38. The third kappa shape index (κ3) is 2.74. The highest BCUT2D eigenvalue weighted by molar-refractivity contribution is 7.91. The van der Waals surface area contributed by atoms with Crippen molar-refractivity contribution in [2.24, 2.45) is 0 Å². The molecule has 5 heteroatoms. The van der Waals surface area contributed by atoms with Gasteiger partial charge in [-0.05, 0) is 30.4 Å². The lowest BCUT2D eigenvalue weighted by atomic mass is 9.91. The second-order valence-electron chi connectivity index (χ2n) is 4.75. The molecular weight excluding hydrogens is 252 g/mol. The maximum absolute atomic E-state index is 12.2. The smallest absolute Gasteiger partial charge is 0.159 e. The summed E-state index contributed by atoms with van der Waals surface area (Å²) in [5.74, 6) is -0.373. The predicted molar refractivity (Wildman–Crippen MR) is 69.0 cm³/mol. The highest BCUT2D eigenvalue weighted by Gasteiger charge is 2.32. The molecule has 0 aromatic heterocycles. The van der Waals surface area contributed by atoms with Gasteiger partial charge in [0.25, 0.3) is 0 Å². The van der Waals surface area contributed by atoms with Crippen molar-refractivity contribution < 1.29 is 18.6 Å². The zero-order chi connectivity index (χ0) is 13.2. The van der Waals surface area contributed by atoms with Crippen LogP contribution in [0.1, 0.15) is 29.2 Å². The molecule has 100 valence electrons. The van der Waals surface area contributed by atoms with Crippen LogP contribution in [0.2, 0.25) is 0 Å². The van der Waals surface area contributed by atoms with Crippen molar-refractivity contribution in [3.05, 3.63) is 35.4 Å². The van der Waals surface area contributed by atoms with Gasteiger partial charge in [0.05, 0.1) is 23.7 Å². The fourth-order valence-corrected chi connectivity index (χ4v) is 4.54. The van der Waals surface area contributed by atoms with Gasteiger partial charge >= 0.3 is 0 Å². The van der Waals surface area contributed by atoms with Crippen molar-refractivity contribution in [2.45, 2.75) is 30.6 Å². The summed E-state index contributed by atoms with van der Waals surface area (Å²) in [6.45, 7) is -0.520. The molecular formula is C13H18O4S. The van der Waals surface area contributed by atoms with Crippen molar-refractivity contribution in [3.63, 3.8) is 0 Å². The first-order valence-corrected chi connectivity index (χ1v) is 7.84. The van der Waals surface area contributed by atoms with Crippen LogP contribution in [-0.4, -0.2) is 37.1 Å². The molecule has 0 spiro atoms. The summed E-state index contributed by atoms with van der Waals surface area (Å²) in [6, 6.07) is 7.56. The summed E-state index contributed by atoms with van der Waals surface area (Å²) in [4.78, 5) is 0. The average Bonchev–Trinajstić information content (AvgIpc) is 2.37. The molecule has 0 amide bonds. The highest BCUT2D eigenvalue weighted by atomic mass is 32.2. The molecule has 18 heavy (non-hydrogen) atoms. The molecule has 1 aromatic rings. The molecule has 0 heterocycles. The third-order valence-corrected chi connectivity index (χ3v) is 5.59. The van der Waals surface area contributed by atoms with Crippen LogP contribution in [0.4, 0.5) is 0 Å². The monoisotopic (exact) mass is 270 g/mol. The molecule has 1 aliphatic carbocycles. The number of sulfone groups is 1. The number of fused-ring (bicyclic) bond motifs is 1. The van der Waals surface area contributed by atoms with Crippen LogP contribution in [0.15, 0.2) is 24.3 Å². The first-order chi connectivity index (χ1) is 8.54. The summed E-state index contributed by atoms with van der Waals surface area (Å²) in [7, 11) is -3.42. The largest absolute Gasteiger partial charge is 0.394 e. The Balaban J connectivity index is 2.30. The molecule has 0 saturated heterocycles. The SMILES string of the molecule is O=S(=O)(C[C@@H](O)CO)[C@@H]1CCCc2ccccc21. The molecule has 0 bridgehead atoms. The zero-order valence-corrected chi connectivity index (χ0v) is 10.9. The van der Waals surface area contributed by atoms with E-state index in [9.17, 15) is 13.5 Å². The van der Waals surface area contributed by atoms with Gasteiger partial charge in [0, 0.05) is 0 Å². The quantitative estimate of drug-likeness (QED) is 0.850. The van der Waals surface area contributed by atoms with Gasteiger partial charge in [-0.2, -0.15) is 0 Å². The van der Waals surface area contributed by atoms with E-state index in [1.807, 2.05) is 24.3 Å². The number of aliphatic hydroxyl groups is 2. The molecule has 0 aliphatic heterocycles. The summed E-state index contributed by atoms with van der Waals surface area (Å²) in [6.07, 6.45) is 1.15. The van der Waals surface area contributed by atoms with Gasteiger partial charge in [0.2, 0.25) is 0 Å². The lowest BCUT2D eigenvalue weighted by Crippen LogP contribution is -2.29. The number of aryl methyl sites for hydroxylation is 1. The molecule has 0 fully saturated rings. The van der Waals surface area contributed by atoms with Crippen LogP contribution >= 0.6 is 0 Å². The molecule has 2 N–H and O–H groups in total. The van der Waals surface area contributed by atoms with Crippen molar-refractivity contribution in [2.75, 3.05) is 12.4 Å². The van der Waals surface area contributed by atoms with Gasteiger partial charge in [-0.3, -0.25) is 0 Å². The van der Waals surface area contributed by atoms with Crippen molar-refractivity contribution in [3.8, 4) is 0 Å². The van der Waals surface area contributed by atoms with Gasteiger partial charge < -0.3 is 10.2 Å². The molecule has 0 unspecified atom stereocenters. The highest BCUT2D eigenvalue weighted by Crippen LogP contribution is 2.35. The van der Waals surface area contributed by atoms with E-state index in [2.05, 4.69) is 0 Å². The van der Waals surface area contributed by atoms with Gasteiger partial charge in [0.15, 0.2) is 9.84 Å². The van der Waals surface area contributed by atoms with Crippen LogP contribution in [0.25, 0.3) is 0 Å². The summed E-state index contributed by atoms with van der Waals surface area (Å²) >= 11 is 0. The first kappa shape index (κ1) is 13.5. The summed E-state index contributed by atoms with van der Waals surface area (Å²) in [5.41, 5.74) is 1.93. The van der Waals surface area contributed by atoms with Crippen LogP contribution in [0, 0.1) is 0 Å². The Morgan fingerprint density at radius 2 is 2.06 bits per heavy atom. The Morgan fingerprint density at radius 1 is 1.33 bits per heavy atom. The average molecular weight is 270 g/mol. The van der Waals surface area contributed by atoms with Gasteiger partial charge in [-0.25, -0.2) is 8.42 Å². The van der Waals surface area contributed by atoms with E-state index in [0.717, 1.165) is 24.0 Å². The predicted octanol–water partition coefficient (Wildman–Crippen LogP) is 0.832. The molecule has 4 nitrogen and oxygen atoms in total. The topological polar surface area (TPSA) is 74.6 Å². The standard InChI is InChI=1S/C13H18O4S/c14-8-11(15)9-18(16,17)13-7-3-5-10-4-1-2-6-12(10)13/h1-2,4,6,11,13-15H,3,5,7-9H2/t11-,13+/m0/s1. The normalized spacial score (nSPS) is 21.3. The van der Waals surface area contributed by atoms with E-state index in [-0.39, 0.29) is 5.75 Å². The maximum Gasteiger partial charge on any atom is 0.159 e. The number of aliphatic hydroxyl groups excluding tert-OH is 2. The zero-order valence-electron chi connectivity index (χ0n) is 10.1. The Bertz CT molecular complexity index is 509. The second-order valence-corrected chi connectivity index (χ2v) is 6.97. The number of rotatable bonds is 4. The summed E-state index contributed by atoms with van der Waals surface area (Å²) in [5, 5.41) is 17.6. The van der Waals surface area contributed by atoms with Crippen molar-refractivity contribution in [1.29, 1.82) is 0 Å². The van der Waals surface area contributed by atoms with Crippen molar-refractivity contribution in [1.82, 2.24) is 0 Å². The molecule has 0 saturated carbocycles. The number of benzene rings is 1. The lowest BCUT2D eigenvalue weighted by Gasteiger charge is -2.26. The minimum Gasteiger partial charge on any atom is -0.394 e. The van der Waals surface area contributed by atoms with E-state index in [1.165, 1.54) is 0 Å². The second kappa shape index (κ2) is 5.38. The minimum atomic E-state index is -3.42. The molecule has 0 radical (unpaired) electrons. The maximum atomic E-state index is 12.2. The Hall–Kier alpha value is -0.910. The van der Waals surface area contributed by atoms with Crippen LogP contribution in [-0.2, 0) is 16.3 Å². The molecule has 1 aromatic carbocycles. The number of hydrogen-bond acceptors (Lipinski definition) is 4.